The molecule has 2 nitrogen and oxygen atoms in total. The van der Waals surface area contributed by atoms with E-state index in [4.69, 9.17) is 4.74 Å². The first-order valence-corrected chi connectivity index (χ1v) is 5.57. The summed E-state index contributed by atoms with van der Waals surface area (Å²) >= 11 is 0. The van der Waals surface area contributed by atoms with E-state index in [0.29, 0.717) is 0 Å². The first-order chi connectivity index (χ1) is 6.36. The van der Waals surface area contributed by atoms with Crippen LogP contribution in [0.25, 0.3) is 0 Å². The highest BCUT2D eigenvalue weighted by Crippen LogP contribution is 2.28. The molecule has 74 valence electrons. The van der Waals surface area contributed by atoms with Crippen LogP contribution in [-0.4, -0.2) is 12.1 Å². The topological polar surface area (TPSA) is 26.3 Å². The van der Waals surface area contributed by atoms with Crippen LogP contribution in [-0.2, 0) is 9.53 Å². The standard InChI is InChI=1S/C11H18O2/c12-11(9-5-1-2-6-9)13-10-7-3-4-8-10/h9-10H,1-8H2. The van der Waals surface area contributed by atoms with Crippen LogP contribution in [0, 0.1) is 5.92 Å². The molecule has 2 rings (SSSR count). The molecule has 0 atom stereocenters. The Morgan fingerprint density at radius 1 is 0.923 bits per heavy atom. The average molecular weight is 182 g/mol. The van der Waals surface area contributed by atoms with Crippen LogP contribution in [0.3, 0.4) is 0 Å². The second-order valence-electron chi connectivity index (χ2n) is 4.32. The predicted octanol–water partition coefficient (Wildman–Crippen LogP) is 2.66. The molecule has 2 heteroatoms. The molecule has 2 fully saturated rings. The van der Waals surface area contributed by atoms with Gasteiger partial charge in [-0.1, -0.05) is 12.8 Å². The van der Waals surface area contributed by atoms with E-state index in [2.05, 4.69) is 0 Å². The van der Waals surface area contributed by atoms with Crippen LogP contribution in [0.2, 0.25) is 0 Å². The van der Waals surface area contributed by atoms with Crippen LogP contribution < -0.4 is 0 Å². The number of carbonyl (C=O) groups excluding carboxylic acids is 1. The zero-order chi connectivity index (χ0) is 9.10. The third kappa shape index (κ3) is 2.23. The number of rotatable bonds is 2. The third-order valence-electron chi connectivity index (χ3n) is 3.27. The maximum absolute atomic E-state index is 11.6. The summed E-state index contributed by atoms with van der Waals surface area (Å²) in [7, 11) is 0. The lowest BCUT2D eigenvalue weighted by Gasteiger charge is -2.14. The molecule has 0 amide bonds. The lowest BCUT2D eigenvalue weighted by molar-refractivity contribution is -0.153. The van der Waals surface area contributed by atoms with Gasteiger partial charge in [0.2, 0.25) is 0 Å². The first-order valence-electron chi connectivity index (χ1n) is 5.57. The molecule has 0 saturated heterocycles. The van der Waals surface area contributed by atoms with Crippen LogP contribution in [0.4, 0.5) is 0 Å². The predicted molar refractivity (Wildman–Crippen MR) is 50.3 cm³/mol. The Balaban J connectivity index is 1.76. The Labute approximate surface area is 79.7 Å². The molecule has 0 N–H and O–H groups in total. The van der Waals surface area contributed by atoms with Crippen molar-refractivity contribution < 1.29 is 9.53 Å². The molecule has 0 unspecified atom stereocenters. The number of carbonyl (C=O) groups is 1. The van der Waals surface area contributed by atoms with Gasteiger partial charge in [0.1, 0.15) is 6.10 Å². The van der Waals surface area contributed by atoms with Crippen molar-refractivity contribution in [2.24, 2.45) is 5.92 Å². The van der Waals surface area contributed by atoms with Gasteiger partial charge in [0.15, 0.2) is 0 Å². The molecule has 0 aliphatic heterocycles. The fraction of sp³-hybridized carbons (Fsp3) is 0.909. The van der Waals surface area contributed by atoms with Crippen molar-refractivity contribution in [3.8, 4) is 0 Å². The second kappa shape index (κ2) is 4.12. The van der Waals surface area contributed by atoms with Crippen LogP contribution in [0.5, 0.6) is 0 Å². The fourth-order valence-corrected chi connectivity index (χ4v) is 2.43. The molecule has 0 aromatic carbocycles. The summed E-state index contributed by atoms with van der Waals surface area (Å²) in [5, 5.41) is 0. The highest BCUT2D eigenvalue weighted by Gasteiger charge is 2.27. The monoisotopic (exact) mass is 182 g/mol. The summed E-state index contributed by atoms with van der Waals surface area (Å²) < 4.78 is 5.46. The van der Waals surface area contributed by atoms with E-state index >= 15 is 0 Å². The van der Waals surface area contributed by atoms with E-state index in [1.54, 1.807) is 0 Å². The summed E-state index contributed by atoms with van der Waals surface area (Å²) in [4.78, 5) is 11.6. The zero-order valence-electron chi connectivity index (χ0n) is 8.13. The normalized spacial score (nSPS) is 25.2. The Hall–Kier alpha value is -0.530. The number of hydrogen-bond donors (Lipinski definition) is 0. The van der Waals surface area contributed by atoms with Gasteiger partial charge in [-0.05, 0) is 38.5 Å². The molecule has 0 heterocycles. The first kappa shape index (κ1) is 9.04. The Bertz CT molecular complexity index is 177. The van der Waals surface area contributed by atoms with E-state index < -0.39 is 0 Å². The summed E-state index contributed by atoms with van der Waals surface area (Å²) in [5.74, 6) is 0.324. The number of esters is 1. The molecule has 2 saturated carbocycles. The van der Waals surface area contributed by atoms with Crippen molar-refractivity contribution in [2.45, 2.75) is 57.5 Å². The Kier molecular flexibility index (Phi) is 2.87. The molecule has 13 heavy (non-hydrogen) atoms. The summed E-state index contributed by atoms with van der Waals surface area (Å²) in [6, 6.07) is 0. The Morgan fingerprint density at radius 2 is 1.46 bits per heavy atom. The highest BCUT2D eigenvalue weighted by atomic mass is 16.5. The van der Waals surface area contributed by atoms with Gasteiger partial charge in [-0.2, -0.15) is 0 Å². The highest BCUT2D eigenvalue weighted by molar-refractivity contribution is 5.72. The van der Waals surface area contributed by atoms with Gasteiger partial charge in [0.05, 0.1) is 5.92 Å². The quantitative estimate of drug-likeness (QED) is 0.614. The average Bonchev–Trinajstić information content (AvgIpc) is 2.74. The van der Waals surface area contributed by atoms with Crippen molar-refractivity contribution >= 4 is 5.97 Å². The van der Waals surface area contributed by atoms with Gasteiger partial charge < -0.3 is 4.74 Å². The fourth-order valence-electron chi connectivity index (χ4n) is 2.43. The minimum absolute atomic E-state index is 0.0874. The van der Waals surface area contributed by atoms with Gasteiger partial charge in [0, 0.05) is 0 Å². The molecule has 0 aromatic rings. The molecular formula is C11H18O2. The van der Waals surface area contributed by atoms with E-state index in [9.17, 15) is 4.79 Å². The Morgan fingerprint density at radius 3 is 2.08 bits per heavy atom. The van der Waals surface area contributed by atoms with Crippen molar-refractivity contribution in [1.82, 2.24) is 0 Å². The lowest BCUT2D eigenvalue weighted by atomic mass is 10.1. The lowest BCUT2D eigenvalue weighted by Crippen LogP contribution is -2.20. The van der Waals surface area contributed by atoms with Crippen LogP contribution in [0.1, 0.15) is 51.4 Å². The summed E-state index contributed by atoms with van der Waals surface area (Å²) in [6.45, 7) is 0. The molecule has 2 aliphatic carbocycles. The van der Waals surface area contributed by atoms with Gasteiger partial charge in [-0.3, -0.25) is 4.79 Å². The van der Waals surface area contributed by atoms with E-state index in [1.807, 2.05) is 0 Å². The van der Waals surface area contributed by atoms with Gasteiger partial charge in [-0.25, -0.2) is 0 Å². The number of ether oxygens (including phenoxy) is 1. The number of hydrogen-bond acceptors (Lipinski definition) is 2. The second-order valence-corrected chi connectivity index (χ2v) is 4.32. The van der Waals surface area contributed by atoms with Crippen molar-refractivity contribution in [3.63, 3.8) is 0 Å². The third-order valence-corrected chi connectivity index (χ3v) is 3.27. The molecule has 0 bridgehead atoms. The summed E-state index contributed by atoms with van der Waals surface area (Å²) in [6.07, 6.45) is 9.47. The maximum Gasteiger partial charge on any atom is 0.309 e. The van der Waals surface area contributed by atoms with Gasteiger partial charge in [0.25, 0.3) is 0 Å². The smallest absolute Gasteiger partial charge is 0.309 e. The zero-order valence-corrected chi connectivity index (χ0v) is 8.13. The van der Waals surface area contributed by atoms with Gasteiger partial charge in [-0.15, -0.1) is 0 Å². The van der Waals surface area contributed by atoms with Crippen molar-refractivity contribution in [1.29, 1.82) is 0 Å². The van der Waals surface area contributed by atoms with Crippen molar-refractivity contribution in [2.75, 3.05) is 0 Å². The minimum Gasteiger partial charge on any atom is -0.462 e. The molecule has 0 spiro atoms. The minimum atomic E-state index is 0.0874. The molecule has 0 aromatic heterocycles. The van der Waals surface area contributed by atoms with E-state index in [1.165, 1.54) is 25.7 Å². The summed E-state index contributed by atoms with van der Waals surface area (Å²) in [5.41, 5.74) is 0. The largest absolute Gasteiger partial charge is 0.462 e. The molecule has 2 aliphatic rings. The molecular weight excluding hydrogens is 164 g/mol. The van der Waals surface area contributed by atoms with Crippen molar-refractivity contribution in [3.05, 3.63) is 0 Å². The van der Waals surface area contributed by atoms with Crippen LogP contribution >= 0.6 is 0 Å². The van der Waals surface area contributed by atoms with E-state index in [-0.39, 0.29) is 18.0 Å². The molecule has 0 radical (unpaired) electrons. The van der Waals surface area contributed by atoms with Gasteiger partial charge >= 0.3 is 5.97 Å². The van der Waals surface area contributed by atoms with E-state index in [0.717, 1.165) is 25.7 Å². The van der Waals surface area contributed by atoms with Crippen LogP contribution in [0.15, 0.2) is 0 Å². The SMILES string of the molecule is O=C(OC1CCCC1)C1CCCC1. The maximum atomic E-state index is 11.6.